The molecule has 0 bridgehead atoms. The molecule has 1 amide bonds. The van der Waals surface area contributed by atoms with Crippen LogP contribution in [-0.2, 0) is 9.53 Å². The van der Waals surface area contributed by atoms with Gasteiger partial charge in [0.25, 0.3) is 0 Å². The average molecular weight is 399 g/mol. The van der Waals surface area contributed by atoms with Crippen LogP contribution in [0.3, 0.4) is 0 Å². The normalized spacial score (nSPS) is 18.2. The van der Waals surface area contributed by atoms with Crippen molar-refractivity contribution in [2.45, 2.75) is 25.4 Å². The molecular formula is C21H25N3O5. The lowest BCUT2D eigenvalue weighted by Gasteiger charge is -2.15. The molecular weight excluding hydrogens is 374 g/mol. The average Bonchev–Trinajstić information content (AvgIpc) is 3.24. The number of rotatable bonds is 7. The lowest BCUT2D eigenvalue weighted by atomic mass is 10.0. The number of nitrogens with one attached hydrogen (secondary N) is 3. The molecule has 0 aromatic heterocycles. The summed E-state index contributed by atoms with van der Waals surface area (Å²) in [6.45, 7) is 2.00. The molecule has 8 heteroatoms. The number of benzene rings is 2. The van der Waals surface area contributed by atoms with E-state index in [2.05, 4.69) is 16.2 Å². The van der Waals surface area contributed by atoms with Crippen LogP contribution in [0.1, 0.15) is 35.3 Å². The van der Waals surface area contributed by atoms with E-state index in [9.17, 15) is 9.59 Å². The van der Waals surface area contributed by atoms with Crippen molar-refractivity contribution >= 4 is 17.6 Å². The summed E-state index contributed by atoms with van der Waals surface area (Å²) in [7, 11) is 3.19. The first-order valence-corrected chi connectivity index (χ1v) is 9.37. The number of carbonyl (C=O) groups is 2. The molecule has 1 saturated heterocycles. The van der Waals surface area contributed by atoms with Crippen LogP contribution in [-0.4, -0.2) is 38.7 Å². The van der Waals surface area contributed by atoms with E-state index in [1.807, 2.05) is 12.1 Å². The van der Waals surface area contributed by atoms with E-state index in [0.717, 1.165) is 5.56 Å². The number of ether oxygens (including phenoxy) is 3. The van der Waals surface area contributed by atoms with Gasteiger partial charge in [0.2, 0.25) is 5.91 Å². The Morgan fingerprint density at radius 1 is 1.10 bits per heavy atom. The summed E-state index contributed by atoms with van der Waals surface area (Å²) in [4.78, 5) is 24.9. The summed E-state index contributed by atoms with van der Waals surface area (Å²) < 4.78 is 15.7. The number of hydrogen-bond acceptors (Lipinski definition) is 7. The van der Waals surface area contributed by atoms with Gasteiger partial charge in [-0.15, -0.1) is 0 Å². The monoisotopic (exact) mass is 399 g/mol. The Hall–Kier alpha value is -3.10. The molecule has 1 fully saturated rings. The second-order valence-electron chi connectivity index (χ2n) is 6.49. The van der Waals surface area contributed by atoms with E-state index in [4.69, 9.17) is 14.2 Å². The third-order valence-corrected chi connectivity index (χ3v) is 4.72. The van der Waals surface area contributed by atoms with Crippen molar-refractivity contribution in [1.29, 1.82) is 0 Å². The van der Waals surface area contributed by atoms with Crippen LogP contribution < -0.4 is 25.6 Å². The number of anilines is 1. The Balaban J connectivity index is 1.70. The molecule has 2 aromatic carbocycles. The molecule has 0 spiro atoms. The van der Waals surface area contributed by atoms with Crippen LogP contribution >= 0.6 is 0 Å². The second kappa shape index (κ2) is 9.40. The number of carbonyl (C=O) groups excluding carboxylic acids is 2. The molecule has 1 aliphatic rings. The largest absolute Gasteiger partial charge is 0.497 e. The third-order valence-electron chi connectivity index (χ3n) is 4.72. The molecule has 0 radical (unpaired) electrons. The van der Waals surface area contributed by atoms with Crippen LogP contribution in [0.4, 0.5) is 5.69 Å². The minimum Gasteiger partial charge on any atom is -0.497 e. The lowest BCUT2D eigenvalue weighted by molar-refractivity contribution is -0.117. The van der Waals surface area contributed by atoms with Crippen molar-refractivity contribution in [2.75, 3.05) is 26.1 Å². The molecule has 3 rings (SSSR count). The molecule has 0 saturated carbocycles. The summed E-state index contributed by atoms with van der Waals surface area (Å²) in [5, 5.41) is 2.82. The van der Waals surface area contributed by atoms with Crippen LogP contribution in [0.15, 0.2) is 42.5 Å². The first kappa shape index (κ1) is 20.6. The first-order chi connectivity index (χ1) is 14.1. The van der Waals surface area contributed by atoms with Crippen LogP contribution in [0.5, 0.6) is 11.5 Å². The van der Waals surface area contributed by atoms with Gasteiger partial charge in [-0.05, 0) is 31.5 Å². The highest BCUT2D eigenvalue weighted by Gasteiger charge is 2.32. The van der Waals surface area contributed by atoms with Gasteiger partial charge in [-0.25, -0.2) is 15.6 Å². The quantitative estimate of drug-likeness (QED) is 0.615. The molecule has 1 heterocycles. The predicted octanol–water partition coefficient (Wildman–Crippen LogP) is 2.43. The number of methoxy groups -OCH3 is 2. The van der Waals surface area contributed by atoms with E-state index >= 15 is 0 Å². The number of amides is 1. The summed E-state index contributed by atoms with van der Waals surface area (Å²) in [5.74, 6) is 0.657. The van der Waals surface area contributed by atoms with Crippen LogP contribution in [0, 0.1) is 0 Å². The van der Waals surface area contributed by atoms with E-state index in [1.54, 1.807) is 51.5 Å². The first-order valence-electron chi connectivity index (χ1n) is 9.37. The van der Waals surface area contributed by atoms with Crippen LogP contribution in [0.25, 0.3) is 0 Å². The molecule has 2 atom stereocenters. The van der Waals surface area contributed by atoms with Crippen LogP contribution in [0.2, 0.25) is 0 Å². The minimum atomic E-state index is -0.484. The number of hydrazine groups is 1. The third kappa shape index (κ3) is 4.67. The molecule has 2 unspecified atom stereocenters. The molecule has 29 heavy (non-hydrogen) atoms. The van der Waals surface area contributed by atoms with Gasteiger partial charge in [0, 0.05) is 11.6 Å². The zero-order valence-electron chi connectivity index (χ0n) is 16.7. The Morgan fingerprint density at radius 3 is 2.62 bits per heavy atom. The fourth-order valence-corrected chi connectivity index (χ4v) is 3.24. The van der Waals surface area contributed by atoms with Crippen molar-refractivity contribution < 1.29 is 23.8 Å². The highest BCUT2D eigenvalue weighted by atomic mass is 16.5. The molecule has 8 nitrogen and oxygen atoms in total. The van der Waals surface area contributed by atoms with Gasteiger partial charge < -0.3 is 19.5 Å². The fraction of sp³-hybridized carbons (Fsp3) is 0.333. The molecule has 2 aromatic rings. The summed E-state index contributed by atoms with van der Waals surface area (Å²) in [6, 6.07) is 11.7. The molecule has 1 aliphatic heterocycles. The summed E-state index contributed by atoms with van der Waals surface area (Å²) >= 11 is 0. The van der Waals surface area contributed by atoms with Crippen molar-refractivity contribution in [3.8, 4) is 11.5 Å². The van der Waals surface area contributed by atoms with E-state index in [-0.39, 0.29) is 18.6 Å². The molecule has 154 valence electrons. The minimum absolute atomic E-state index is 0.119. The maximum absolute atomic E-state index is 12.8. The van der Waals surface area contributed by atoms with Gasteiger partial charge in [-0.3, -0.25) is 4.79 Å². The number of esters is 1. The standard InChI is InChI=1S/C21H25N3O5/c1-4-29-21(26)15-7-5-6-8-16(15)22-20(25)18-12-17(23-24-18)14-10-9-13(27-2)11-19(14)28-3/h5-11,17-18,23-24H,4,12H2,1-3H3,(H,22,25). The zero-order chi connectivity index (χ0) is 20.8. The maximum atomic E-state index is 12.8. The van der Waals surface area contributed by atoms with Gasteiger partial charge in [0.05, 0.1) is 38.1 Å². The predicted molar refractivity (Wildman–Crippen MR) is 108 cm³/mol. The second-order valence-corrected chi connectivity index (χ2v) is 6.49. The summed E-state index contributed by atoms with van der Waals surface area (Å²) in [5.41, 5.74) is 7.81. The lowest BCUT2D eigenvalue weighted by Crippen LogP contribution is -2.39. The van der Waals surface area contributed by atoms with Crippen molar-refractivity contribution in [3.63, 3.8) is 0 Å². The van der Waals surface area contributed by atoms with E-state index < -0.39 is 12.0 Å². The van der Waals surface area contributed by atoms with Crippen molar-refractivity contribution in [3.05, 3.63) is 53.6 Å². The summed E-state index contributed by atoms with van der Waals surface area (Å²) in [6.07, 6.45) is 0.510. The highest BCUT2D eigenvalue weighted by Crippen LogP contribution is 2.33. The highest BCUT2D eigenvalue weighted by molar-refractivity contribution is 6.02. The Morgan fingerprint density at radius 2 is 1.90 bits per heavy atom. The van der Waals surface area contributed by atoms with Gasteiger partial charge >= 0.3 is 5.97 Å². The number of para-hydroxylation sites is 1. The number of hydrogen-bond donors (Lipinski definition) is 3. The zero-order valence-corrected chi connectivity index (χ0v) is 16.7. The van der Waals surface area contributed by atoms with E-state index in [0.29, 0.717) is 29.2 Å². The topological polar surface area (TPSA) is 97.9 Å². The Kier molecular flexibility index (Phi) is 6.69. The SMILES string of the molecule is CCOC(=O)c1ccccc1NC(=O)C1CC(c2ccc(OC)cc2OC)NN1. The van der Waals surface area contributed by atoms with Gasteiger partial charge in [0.15, 0.2) is 0 Å². The van der Waals surface area contributed by atoms with Gasteiger partial charge in [-0.1, -0.05) is 18.2 Å². The Labute approximate surface area is 169 Å². The Bertz CT molecular complexity index is 886. The fourth-order valence-electron chi connectivity index (χ4n) is 3.24. The van der Waals surface area contributed by atoms with E-state index in [1.165, 1.54) is 0 Å². The van der Waals surface area contributed by atoms with Gasteiger partial charge in [0.1, 0.15) is 17.5 Å². The molecule has 3 N–H and O–H groups in total. The van der Waals surface area contributed by atoms with Crippen molar-refractivity contribution in [2.24, 2.45) is 0 Å². The van der Waals surface area contributed by atoms with Gasteiger partial charge in [-0.2, -0.15) is 0 Å². The van der Waals surface area contributed by atoms with Crippen molar-refractivity contribution in [1.82, 2.24) is 10.9 Å². The molecule has 0 aliphatic carbocycles. The maximum Gasteiger partial charge on any atom is 0.340 e. The smallest absolute Gasteiger partial charge is 0.340 e.